The summed E-state index contributed by atoms with van der Waals surface area (Å²) in [5, 5.41) is 0. The molecular formula is C14H28O2Si. The van der Waals surface area contributed by atoms with Crippen molar-refractivity contribution in [3.63, 3.8) is 0 Å². The highest BCUT2D eigenvalue weighted by Gasteiger charge is 2.50. The summed E-state index contributed by atoms with van der Waals surface area (Å²) >= 11 is 0. The van der Waals surface area contributed by atoms with Crippen LogP contribution in [0.1, 0.15) is 64.2 Å². The molecule has 17 heavy (non-hydrogen) atoms. The van der Waals surface area contributed by atoms with Crippen molar-refractivity contribution in [2.75, 3.05) is 14.2 Å². The standard InChI is InChI=1S/C14H28O2Si/c1-15-17(16-2,13-9-5-3-6-10-13)14-11-7-4-8-12-14/h13-14H,3-12H2,1-2H3. The molecule has 0 unspecified atom stereocenters. The zero-order chi connectivity index (χ0) is 12.1. The molecule has 0 heterocycles. The van der Waals surface area contributed by atoms with Gasteiger partial charge in [-0.2, -0.15) is 0 Å². The second kappa shape index (κ2) is 6.35. The van der Waals surface area contributed by atoms with Crippen LogP contribution in [0.15, 0.2) is 0 Å². The van der Waals surface area contributed by atoms with Gasteiger partial charge in [-0.1, -0.05) is 38.5 Å². The number of hydrogen-bond acceptors (Lipinski definition) is 2. The van der Waals surface area contributed by atoms with Crippen LogP contribution in [0.5, 0.6) is 0 Å². The van der Waals surface area contributed by atoms with Crippen LogP contribution in [0.2, 0.25) is 11.1 Å². The van der Waals surface area contributed by atoms with Crippen LogP contribution >= 0.6 is 0 Å². The molecule has 0 bridgehead atoms. The van der Waals surface area contributed by atoms with Gasteiger partial charge in [-0.05, 0) is 25.7 Å². The number of rotatable bonds is 4. The fourth-order valence-corrected chi connectivity index (χ4v) is 8.69. The van der Waals surface area contributed by atoms with Gasteiger partial charge in [0.15, 0.2) is 0 Å². The molecule has 2 saturated carbocycles. The first-order valence-corrected chi connectivity index (χ1v) is 9.41. The summed E-state index contributed by atoms with van der Waals surface area (Å²) in [6.07, 6.45) is 13.8. The third-order valence-electron chi connectivity index (χ3n) is 4.99. The molecule has 0 N–H and O–H groups in total. The van der Waals surface area contributed by atoms with Crippen molar-refractivity contribution >= 4 is 8.56 Å². The van der Waals surface area contributed by atoms with Crippen LogP contribution in [0.3, 0.4) is 0 Å². The first-order valence-electron chi connectivity index (χ1n) is 7.44. The van der Waals surface area contributed by atoms with E-state index in [0.717, 1.165) is 11.1 Å². The lowest BCUT2D eigenvalue weighted by Gasteiger charge is -2.43. The lowest BCUT2D eigenvalue weighted by atomic mass is 9.99. The Balaban J connectivity index is 2.10. The predicted octanol–water partition coefficient (Wildman–Crippen LogP) is 4.39. The van der Waals surface area contributed by atoms with Crippen LogP contribution in [-0.2, 0) is 8.85 Å². The molecule has 0 aromatic carbocycles. The average molecular weight is 256 g/mol. The van der Waals surface area contributed by atoms with E-state index in [9.17, 15) is 0 Å². The first-order chi connectivity index (χ1) is 8.33. The van der Waals surface area contributed by atoms with E-state index in [1.807, 2.05) is 14.2 Å². The zero-order valence-electron chi connectivity index (χ0n) is 11.5. The molecule has 0 atom stereocenters. The van der Waals surface area contributed by atoms with Gasteiger partial charge in [-0.3, -0.25) is 0 Å². The molecular weight excluding hydrogens is 228 g/mol. The third-order valence-corrected chi connectivity index (χ3v) is 9.69. The smallest absolute Gasteiger partial charge is 0.344 e. The highest BCUT2D eigenvalue weighted by Crippen LogP contribution is 2.48. The fourth-order valence-electron chi connectivity index (χ4n) is 4.09. The maximum atomic E-state index is 6.08. The Morgan fingerprint density at radius 3 is 1.29 bits per heavy atom. The largest absolute Gasteiger partial charge is 0.397 e. The molecule has 2 aliphatic rings. The molecule has 2 fully saturated rings. The normalized spacial score (nSPS) is 25.1. The minimum Gasteiger partial charge on any atom is -0.397 e. The van der Waals surface area contributed by atoms with Gasteiger partial charge in [0.2, 0.25) is 0 Å². The van der Waals surface area contributed by atoms with Crippen molar-refractivity contribution in [1.82, 2.24) is 0 Å². The molecule has 0 saturated heterocycles. The maximum Gasteiger partial charge on any atom is 0.344 e. The Kier molecular flexibility index (Phi) is 5.06. The molecule has 0 aliphatic heterocycles. The summed E-state index contributed by atoms with van der Waals surface area (Å²) in [4.78, 5) is 0. The van der Waals surface area contributed by atoms with Gasteiger partial charge < -0.3 is 8.85 Å². The number of hydrogen-bond donors (Lipinski definition) is 0. The van der Waals surface area contributed by atoms with E-state index < -0.39 is 8.56 Å². The Labute approximate surface area is 107 Å². The van der Waals surface area contributed by atoms with Crippen LogP contribution < -0.4 is 0 Å². The monoisotopic (exact) mass is 256 g/mol. The summed E-state index contributed by atoms with van der Waals surface area (Å²) in [7, 11) is 1.89. The average Bonchev–Trinajstić information content (AvgIpc) is 2.43. The van der Waals surface area contributed by atoms with E-state index in [2.05, 4.69) is 0 Å². The first kappa shape index (κ1) is 13.6. The van der Waals surface area contributed by atoms with Gasteiger partial charge in [-0.25, -0.2) is 0 Å². The molecule has 0 aromatic heterocycles. The third kappa shape index (κ3) is 2.77. The summed E-state index contributed by atoms with van der Waals surface area (Å²) in [6, 6.07) is 0. The summed E-state index contributed by atoms with van der Waals surface area (Å²) in [6.45, 7) is 0. The van der Waals surface area contributed by atoms with Crippen molar-refractivity contribution in [3.05, 3.63) is 0 Å². The minimum absolute atomic E-state index is 0.759. The summed E-state index contributed by atoms with van der Waals surface area (Å²) in [5.74, 6) is 0. The lowest BCUT2D eigenvalue weighted by molar-refractivity contribution is 0.193. The van der Waals surface area contributed by atoms with Crippen molar-refractivity contribution in [2.45, 2.75) is 75.3 Å². The summed E-state index contributed by atoms with van der Waals surface area (Å²) in [5.41, 5.74) is 1.52. The van der Waals surface area contributed by atoms with E-state index in [1.165, 1.54) is 64.2 Å². The van der Waals surface area contributed by atoms with Gasteiger partial charge >= 0.3 is 8.56 Å². The molecule has 2 rings (SSSR count). The molecule has 2 aliphatic carbocycles. The molecule has 0 radical (unpaired) electrons. The molecule has 3 heteroatoms. The van der Waals surface area contributed by atoms with Crippen molar-refractivity contribution < 1.29 is 8.85 Å². The fraction of sp³-hybridized carbons (Fsp3) is 1.00. The highest BCUT2D eigenvalue weighted by molar-refractivity contribution is 6.70. The van der Waals surface area contributed by atoms with E-state index in [1.54, 1.807) is 0 Å². The summed E-state index contributed by atoms with van der Waals surface area (Å²) < 4.78 is 12.2. The Bertz CT molecular complexity index is 196. The topological polar surface area (TPSA) is 18.5 Å². The van der Waals surface area contributed by atoms with Crippen LogP contribution in [0.25, 0.3) is 0 Å². The van der Waals surface area contributed by atoms with Crippen LogP contribution in [0, 0.1) is 0 Å². The minimum atomic E-state index is -1.94. The zero-order valence-corrected chi connectivity index (χ0v) is 12.5. The Morgan fingerprint density at radius 2 is 1.00 bits per heavy atom. The molecule has 2 nitrogen and oxygen atoms in total. The van der Waals surface area contributed by atoms with E-state index in [4.69, 9.17) is 8.85 Å². The van der Waals surface area contributed by atoms with Crippen molar-refractivity contribution in [2.24, 2.45) is 0 Å². The maximum absolute atomic E-state index is 6.08. The second-order valence-corrected chi connectivity index (χ2v) is 9.69. The SMILES string of the molecule is CO[Si](OC)(C1CCCCC1)C1CCCCC1. The second-order valence-electron chi connectivity index (χ2n) is 5.80. The lowest BCUT2D eigenvalue weighted by Crippen LogP contribution is -2.50. The molecule has 100 valence electrons. The van der Waals surface area contributed by atoms with E-state index >= 15 is 0 Å². The van der Waals surface area contributed by atoms with Crippen molar-refractivity contribution in [3.8, 4) is 0 Å². The predicted molar refractivity (Wildman–Crippen MR) is 73.4 cm³/mol. The molecule has 0 aromatic rings. The molecule has 0 spiro atoms. The van der Waals surface area contributed by atoms with Gasteiger partial charge in [0.25, 0.3) is 0 Å². The van der Waals surface area contributed by atoms with Gasteiger partial charge in [0, 0.05) is 25.3 Å². The Hall–Kier alpha value is 0.137. The van der Waals surface area contributed by atoms with E-state index in [0.29, 0.717) is 0 Å². The quantitative estimate of drug-likeness (QED) is 0.695. The van der Waals surface area contributed by atoms with Crippen LogP contribution in [0.4, 0.5) is 0 Å². The van der Waals surface area contributed by atoms with E-state index in [-0.39, 0.29) is 0 Å². The highest BCUT2D eigenvalue weighted by atomic mass is 28.4. The molecule has 0 amide bonds. The van der Waals surface area contributed by atoms with Gasteiger partial charge in [0.05, 0.1) is 0 Å². The van der Waals surface area contributed by atoms with Gasteiger partial charge in [-0.15, -0.1) is 0 Å². The Morgan fingerprint density at radius 1 is 0.647 bits per heavy atom. The van der Waals surface area contributed by atoms with Crippen molar-refractivity contribution in [1.29, 1.82) is 0 Å². The van der Waals surface area contributed by atoms with Gasteiger partial charge in [0.1, 0.15) is 0 Å². The van der Waals surface area contributed by atoms with Crippen LogP contribution in [-0.4, -0.2) is 22.8 Å².